The number of ether oxygens (including phenoxy) is 3. The Kier molecular flexibility index (Phi) is 6.32. The van der Waals surface area contributed by atoms with Crippen molar-refractivity contribution < 1.29 is 49.0 Å². The second-order valence-corrected chi connectivity index (χ2v) is 10.1. The summed E-state index contributed by atoms with van der Waals surface area (Å²) in [4.78, 5) is 39.6. The number of hydrogen-bond donors (Lipinski definition) is 4. The highest BCUT2D eigenvalue weighted by Crippen LogP contribution is 2.52. The van der Waals surface area contributed by atoms with Crippen molar-refractivity contribution in [3.8, 4) is 17.2 Å². The van der Waals surface area contributed by atoms with Crippen LogP contribution in [0.2, 0.25) is 0 Å². The molecule has 0 aromatic heterocycles. The summed E-state index contributed by atoms with van der Waals surface area (Å²) in [5.74, 6) is -3.24. The molecular formula is C27H28NO10. The molecule has 0 saturated carbocycles. The highest BCUT2D eigenvalue weighted by Gasteiger charge is 2.49. The predicted molar refractivity (Wildman–Crippen MR) is 129 cm³/mol. The third-order valence-corrected chi connectivity index (χ3v) is 7.75. The van der Waals surface area contributed by atoms with Crippen molar-refractivity contribution in [2.24, 2.45) is 0 Å². The number of fused-ring (bicyclic) bond motifs is 3. The molecule has 1 radical (unpaired) electrons. The molecule has 1 aliphatic heterocycles. The molecule has 5 rings (SSSR count). The molecule has 2 aromatic rings. The Hall–Kier alpha value is -3.35. The van der Waals surface area contributed by atoms with Gasteiger partial charge in [-0.25, -0.2) is 0 Å². The second-order valence-electron chi connectivity index (χ2n) is 10.1. The van der Waals surface area contributed by atoms with Gasteiger partial charge in [0.05, 0.1) is 48.2 Å². The molecule has 6 atom stereocenters. The standard InChI is InChI=1S/C27H28NO10/c1-10-22(30)14(28)7-17(37-10)38-16-9-27(35,11(2)29)8-13-19(16)26(34)21-20(24(13)32)23(31)12-5-4-6-15(36-3)18(12)25(21)33/h4-6,10,14,16-17,22,28,30,32,34-35H,7-9H2,1-3H3. The van der Waals surface area contributed by atoms with Gasteiger partial charge in [0.2, 0.25) is 5.78 Å². The number of aliphatic hydroxyl groups excluding tert-OH is 1. The molecule has 3 aliphatic rings. The van der Waals surface area contributed by atoms with Gasteiger partial charge in [-0.1, -0.05) is 12.1 Å². The molecule has 6 unspecified atom stereocenters. The number of hydrogen-bond acceptors (Lipinski definition) is 10. The van der Waals surface area contributed by atoms with Gasteiger partial charge in [0.1, 0.15) is 22.8 Å². The maximum absolute atomic E-state index is 13.6. The van der Waals surface area contributed by atoms with E-state index >= 15 is 0 Å². The lowest BCUT2D eigenvalue weighted by molar-refractivity contribution is -0.247. The van der Waals surface area contributed by atoms with Gasteiger partial charge >= 0.3 is 0 Å². The summed E-state index contributed by atoms with van der Waals surface area (Å²) in [6.07, 6.45) is -4.94. The number of carbonyl (C=O) groups is 3. The summed E-state index contributed by atoms with van der Waals surface area (Å²) in [5, 5.41) is 44.0. The van der Waals surface area contributed by atoms with E-state index in [4.69, 9.17) is 19.9 Å². The third kappa shape index (κ3) is 3.81. The van der Waals surface area contributed by atoms with Gasteiger partial charge in [0.15, 0.2) is 17.9 Å². The monoisotopic (exact) mass is 526 g/mol. The van der Waals surface area contributed by atoms with Crippen molar-refractivity contribution in [2.75, 3.05) is 7.11 Å². The molecule has 38 heavy (non-hydrogen) atoms. The van der Waals surface area contributed by atoms with Gasteiger partial charge in [-0.15, -0.1) is 0 Å². The van der Waals surface area contributed by atoms with Gasteiger partial charge in [0, 0.05) is 36.0 Å². The molecule has 0 amide bonds. The number of phenols is 2. The Morgan fingerprint density at radius 3 is 2.45 bits per heavy atom. The summed E-state index contributed by atoms with van der Waals surface area (Å²) < 4.78 is 17.0. The highest BCUT2D eigenvalue weighted by atomic mass is 16.7. The number of carbonyl (C=O) groups excluding carboxylic acids is 3. The van der Waals surface area contributed by atoms with Crippen LogP contribution in [0.15, 0.2) is 18.2 Å². The number of aliphatic hydroxyl groups is 2. The van der Waals surface area contributed by atoms with Gasteiger partial charge in [-0.05, 0) is 19.9 Å². The number of ketones is 3. The number of nitrogens with one attached hydrogen (secondary N) is 1. The molecule has 11 heteroatoms. The number of benzene rings is 2. The summed E-state index contributed by atoms with van der Waals surface area (Å²) in [5.41, 5.74) is 4.98. The van der Waals surface area contributed by atoms with Crippen molar-refractivity contribution in [3.63, 3.8) is 0 Å². The second kappa shape index (κ2) is 9.14. The summed E-state index contributed by atoms with van der Waals surface area (Å²) in [7, 11) is 1.33. The Bertz CT molecular complexity index is 1360. The molecule has 0 spiro atoms. The zero-order valence-electron chi connectivity index (χ0n) is 21.0. The topological polar surface area (TPSA) is 184 Å². The Morgan fingerprint density at radius 2 is 1.82 bits per heavy atom. The number of aromatic hydroxyl groups is 2. The Labute approximate surface area is 217 Å². The molecule has 1 saturated heterocycles. The van der Waals surface area contributed by atoms with E-state index in [-0.39, 0.29) is 40.8 Å². The molecule has 5 N–H and O–H groups in total. The van der Waals surface area contributed by atoms with Crippen molar-refractivity contribution in [3.05, 3.63) is 51.6 Å². The number of rotatable bonds is 4. The van der Waals surface area contributed by atoms with Crippen LogP contribution in [0, 0.1) is 0 Å². The largest absolute Gasteiger partial charge is 0.507 e. The van der Waals surface area contributed by atoms with Crippen LogP contribution < -0.4 is 10.5 Å². The third-order valence-electron chi connectivity index (χ3n) is 7.75. The van der Waals surface area contributed by atoms with E-state index in [2.05, 4.69) is 0 Å². The fraction of sp³-hybridized carbons (Fsp3) is 0.444. The average molecular weight is 527 g/mol. The smallest absolute Gasteiger partial charge is 0.202 e. The minimum absolute atomic E-state index is 0.0217. The zero-order valence-corrected chi connectivity index (χ0v) is 21.0. The van der Waals surface area contributed by atoms with E-state index in [9.17, 15) is 34.8 Å². The summed E-state index contributed by atoms with van der Waals surface area (Å²) in [6, 6.07) is 3.48. The van der Waals surface area contributed by atoms with Crippen LogP contribution in [0.25, 0.3) is 0 Å². The maximum atomic E-state index is 13.6. The van der Waals surface area contributed by atoms with E-state index in [1.165, 1.54) is 32.2 Å². The first kappa shape index (κ1) is 26.3. The van der Waals surface area contributed by atoms with Gasteiger partial charge < -0.3 is 34.6 Å². The van der Waals surface area contributed by atoms with Crippen LogP contribution in [0.5, 0.6) is 17.2 Å². The molecule has 0 bridgehead atoms. The summed E-state index contributed by atoms with van der Waals surface area (Å²) >= 11 is 0. The van der Waals surface area contributed by atoms with Crippen molar-refractivity contribution in [1.29, 1.82) is 0 Å². The zero-order chi connectivity index (χ0) is 27.7. The Morgan fingerprint density at radius 1 is 1.13 bits per heavy atom. The normalized spacial score (nSPS) is 30.3. The highest BCUT2D eigenvalue weighted by molar-refractivity contribution is 6.31. The maximum Gasteiger partial charge on any atom is 0.202 e. The van der Waals surface area contributed by atoms with Crippen LogP contribution in [-0.2, 0) is 20.7 Å². The lowest BCUT2D eigenvalue weighted by Gasteiger charge is -2.42. The Balaban J connectivity index is 1.68. The molecule has 201 valence electrons. The van der Waals surface area contributed by atoms with Crippen LogP contribution in [0.3, 0.4) is 0 Å². The summed E-state index contributed by atoms with van der Waals surface area (Å²) in [6.45, 7) is 2.74. The first-order valence-corrected chi connectivity index (χ1v) is 12.2. The van der Waals surface area contributed by atoms with E-state index in [0.717, 1.165) is 0 Å². The lowest BCUT2D eigenvalue weighted by Crippen LogP contribution is -2.50. The van der Waals surface area contributed by atoms with Crippen LogP contribution >= 0.6 is 0 Å². The first-order chi connectivity index (χ1) is 17.9. The molecule has 1 heterocycles. The van der Waals surface area contributed by atoms with E-state index < -0.39 is 82.6 Å². The lowest BCUT2D eigenvalue weighted by atomic mass is 9.72. The van der Waals surface area contributed by atoms with Crippen molar-refractivity contribution in [1.82, 2.24) is 5.73 Å². The van der Waals surface area contributed by atoms with E-state index in [0.29, 0.717) is 0 Å². The van der Waals surface area contributed by atoms with Gasteiger partial charge in [0.25, 0.3) is 0 Å². The fourth-order valence-corrected chi connectivity index (χ4v) is 5.62. The van der Waals surface area contributed by atoms with Crippen molar-refractivity contribution in [2.45, 2.75) is 69.4 Å². The minimum Gasteiger partial charge on any atom is -0.507 e. The molecular weight excluding hydrogens is 498 g/mol. The molecule has 1 fully saturated rings. The average Bonchev–Trinajstić information content (AvgIpc) is 2.87. The number of Topliss-reactive ketones (excluding diaryl/α,β-unsaturated/α-hetero) is 1. The van der Waals surface area contributed by atoms with Crippen LogP contribution in [0.1, 0.15) is 75.8 Å². The molecule has 2 aromatic carbocycles. The predicted octanol–water partition coefficient (Wildman–Crippen LogP) is 1.35. The quantitative estimate of drug-likeness (QED) is 0.362. The van der Waals surface area contributed by atoms with E-state index in [1.54, 1.807) is 6.92 Å². The van der Waals surface area contributed by atoms with Crippen molar-refractivity contribution >= 4 is 17.3 Å². The van der Waals surface area contributed by atoms with Crippen LogP contribution in [-0.4, -0.2) is 75.0 Å². The number of phenolic OH excluding ortho intramolecular Hbond substituents is 2. The van der Waals surface area contributed by atoms with Gasteiger partial charge in [-0.2, -0.15) is 0 Å². The fourth-order valence-electron chi connectivity index (χ4n) is 5.62. The van der Waals surface area contributed by atoms with Gasteiger partial charge in [-0.3, -0.25) is 20.1 Å². The number of methoxy groups -OCH3 is 1. The molecule has 2 aliphatic carbocycles. The minimum atomic E-state index is -2.02. The molecule has 11 nitrogen and oxygen atoms in total. The van der Waals surface area contributed by atoms with E-state index in [1.807, 2.05) is 0 Å². The SMILES string of the molecule is COc1cccc2c1C(=O)c1c(O)c3c(c(O)c1C2=O)CC(O)(C(C)=O)CC3OC1CC([NH])C(O)C(C)O1. The van der Waals surface area contributed by atoms with Crippen LogP contribution in [0.4, 0.5) is 0 Å². The first-order valence-electron chi connectivity index (χ1n) is 12.2.